The Bertz CT molecular complexity index is 998. The van der Waals surface area contributed by atoms with Crippen LogP contribution >= 0.6 is 11.3 Å². The Labute approximate surface area is 152 Å². The van der Waals surface area contributed by atoms with Gasteiger partial charge in [-0.1, -0.05) is 0 Å². The first-order valence-electron chi connectivity index (χ1n) is 7.71. The molecule has 0 saturated carbocycles. The van der Waals surface area contributed by atoms with Crippen molar-refractivity contribution in [2.24, 2.45) is 0 Å². The van der Waals surface area contributed by atoms with Crippen LogP contribution in [-0.4, -0.2) is 28.6 Å². The summed E-state index contributed by atoms with van der Waals surface area (Å²) in [6.45, 7) is 0.0256. The molecule has 2 aromatic carbocycles. The fraction of sp³-hybridized carbons (Fsp3) is 0.0556. The van der Waals surface area contributed by atoms with Crippen molar-refractivity contribution in [3.8, 4) is 17.0 Å². The first-order chi connectivity index (χ1) is 12.6. The van der Waals surface area contributed by atoms with E-state index in [1.54, 1.807) is 18.2 Å². The van der Waals surface area contributed by atoms with E-state index < -0.39 is 5.97 Å². The van der Waals surface area contributed by atoms with Crippen LogP contribution in [0.5, 0.6) is 5.75 Å². The number of carboxylic acids is 1. The molecular formula is C18H13N3O4S. The molecular weight excluding hydrogens is 354 g/mol. The summed E-state index contributed by atoms with van der Waals surface area (Å²) in [7, 11) is 0. The van der Waals surface area contributed by atoms with E-state index in [4.69, 9.17) is 9.84 Å². The van der Waals surface area contributed by atoms with E-state index in [2.05, 4.69) is 15.6 Å². The van der Waals surface area contributed by atoms with Crippen molar-refractivity contribution in [2.45, 2.75) is 0 Å². The van der Waals surface area contributed by atoms with Crippen LogP contribution in [-0.2, 0) is 4.79 Å². The molecule has 7 nitrogen and oxygen atoms in total. The van der Waals surface area contributed by atoms with Crippen LogP contribution in [0, 0.1) is 0 Å². The Kier molecular flexibility index (Phi) is 4.02. The molecule has 1 amide bonds. The van der Waals surface area contributed by atoms with Gasteiger partial charge in [-0.05, 0) is 42.5 Å². The molecule has 0 atom stereocenters. The van der Waals surface area contributed by atoms with E-state index in [1.807, 2.05) is 17.5 Å². The summed E-state index contributed by atoms with van der Waals surface area (Å²) in [6.07, 6.45) is 0. The van der Waals surface area contributed by atoms with Crippen molar-refractivity contribution in [1.29, 1.82) is 0 Å². The maximum absolute atomic E-state index is 11.5. The Hall–Kier alpha value is -3.39. The SMILES string of the molecule is O=C1COc2ccc(-c3csc(Nc4ccc(C(=O)O)cc4)n3)cc2N1. The molecule has 130 valence electrons. The largest absolute Gasteiger partial charge is 0.482 e. The third kappa shape index (κ3) is 3.22. The molecule has 1 aromatic heterocycles. The number of fused-ring (bicyclic) bond motifs is 1. The monoisotopic (exact) mass is 367 g/mol. The van der Waals surface area contributed by atoms with Crippen LogP contribution in [0.1, 0.15) is 10.4 Å². The van der Waals surface area contributed by atoms with E-state index in [-0.39, 0.29) is 18.1 Å². The zero-order valence-electron chi connectivity index (χ0n) is 13.4. The van der Waals surface area contributed by atoms with E-state index in [1.165, 1.54) is 23.5 Å². The molecule has 3 N–H and O–H groups in total. The average Bonchev–Trinajstić information content (AvgIpc) is 3.10. The number of carbonyl (C=O) groups is 2. The summed E-state index contributed by atoms with van der Waals surface area (Å²) in [4.78, 5) is 26.9. The predicted molar refractivity (Wildman–Crippen MR) is 98.4 cm³/mol. The smallest absolute Gasteiger partial charge is 0.335 e. The Morgan fingerprint density at radius 2 is 2.04 bits per heavy atom. The first kappa shape index (κ1) is 16.1. The summed E-state index contributed by atoms with van der Waals surface area (Å²) >= 11 is 1.43. The van der Waals surface area contributed by atoms with Crippen LogP contribution in [0.4, 0.5) is 16.5 Å². The van der Waals surface area contributed by atoms with Gasteiger partial charge < -0.3 is 20.5 Å². The standard InChI is InChI=1S/C18H13N3O4S/c22-16-8-25-15-6-3-11(7-13(15)20-16)14-9-26-18(21-14)19-12-4-1-10(2-5-12)17(23)24/h1-7,9H,8H2,(H,19,21)(H,20,22)(H,23,24). The lowest BCUT2D eigenvalue weighted by Crippen LogP contribution is -2.25. The fourth-order valence-electron chi connectivity index (χ4n) is 2.53. The lowest BCUT2D eigenvalue weighted by Gasteiger charge is -2.18. The predicted octanol–water partition coefficient (Wildman–Crippen LogP) is 3.58. The van der Waals surface area contributed by atoms with Crippen LogP contribution in [0.2, 0.25) is 0 Å². The van der Waals surface area contributed by atoms with Gasteiger partial charge in [0.2, 0.25) is 0 Å². The van der Waals surface area contributed by atoms with Gasteiger partial charge in [0.15, 0.2) is 11.7 Å². The number of amides is 1. The maximum atomic E-state index is 11.5. The van der Waals surface area contributed by atoms with E-state index in [0.717, 1.165) is 16.9 Å². The molecule has 3 aromatic rings. The van der Waals surface area contributed by atoms with Gasteiger partial charge in [0.1, 0.15) is 5.75 Å². The number of thiazole rings is 1. The van der Waals surface area contributed by atoms with Gasteiger partial charge >= 0.3 is 5.97 Å². The van der Waals surface area contributed by atoms with Crippen molar-refractivity contribution in [3.63, 3.8) is 0 Å². The number of rotatable bonds is 4. The summed E-state index contributed by atoms with van der Waals surface area (Å²) in [6, 6.07) is 12.0. The van der Waals surface area contributed by atoms with E-state index in [9.17, 15) is 9.59 Å². The topological polar surface area (TPSA) is 101 Å². The second kappa shape index (κ2) is 6.49. The highest BCUT2D eigenvalue weighted by Gasteiger charge is 2.17. The highest BCUT2D eigenvalue weighted by molar-refractivity contribution is 7.14. The summed E-state index contributed by atoms with van der Waals surface area (Å²) in [5, 5.41) is 17.4. The Morgan fingerprint density at radius 1 is 1.23 bits per heavy atom. The lowest BCUT2D eigenvalue weighted by atomic mass is 10.1. The zero-order valence-corrected chi connectivity index (χ0v) is 14.2. The molecule has 0 fully saturated rings. The number of hydrogen-bond acceptors (Lipinski definition) is 6. The minimum absolute atomic E-state index is 0.0256. The summed E-state index contributed by atoms with van der Waals surface area (Å²) in [5.74, 6) is -0.503. The molecule has 0 saturated heterocycles. The van der Waals surface area contributed by atoms with Gasteiger partial charge in [-0.15, -0.1) is 11.3 Å². The molecule has 1 aliphatic heterocycles. The van der Waals surface area contributed by atoms with Gasteiger partial charge in [0.05, 0.1) is 16.9 Å². The van der Waals surface area contributed by atoms with Crippen LogP contribution in [0.25, 0.3) is 11.3 Å². The van der Waals surface area contributed by atoms with Gasteiger partial charge in [0, 0.05) is 16.6 Å². The van der Waals surface area contributed by atoms with E-state index in [0.29, 0.717) is 16.6 Å². The highest BCUT2D eigenvalue weighted by Crippen LogP contribution is 2.34. The number of carbonyl (C=O) groups excluding carboxylic acids is 1. The van der Waals surface area contributed by atoms with E-state index >= 15 is 0 Å². The second-order valence-electron chi connectivity index (χ2n) is 5.59. The Balaban J connectivity index is 1.53. The van der Waals surface area contributed by atoms with Gasteiger partial charge in [-0.3, -0.25) is 4.79 Å². The van der Waals surface area contributed by atoms with Crippen LogP contribution < -0.4 is 15.4 Å². The quantitative estimate of drug-likeness (QED) is 0.652. The fourth-order valence-corrected chi connectivity index (χ4v) is 3.27. The number of nitrogens with one attached hydrogen (secondary N) is 2. The number of hydrogen-bond donors (Lipinski definition) is 3. The molecule has 8 heteroatoms. The zero-order chi connectivity index (χ0) is 18.1. The number of benzene rings is 2. The van der Waals surface area contributed by atoms with Gasteiger partial charge in [-0.2, -0.15) is 0 Å². The third-order valence-corrected chi connectivity index (χ3v) is 4.55. The van der Waals surface area contributed by atoms with Gasteiger partial charge in [0.25, 0.3) is 5.91 Å². The van der Waals surface area contributed by atoms with Crippen molar-refractivity contribution in [3.05, 3.63) is 53.4 Å². The van der Waals surface area contributed by atoms with Crippen molar-refractivity contribution in [1.82, 2.24) is 4.98 Å². The molecule has 0 spiro atoms. The minimum Gasteiger partial charge on any atom is -0.482 e. The van der Waals surface area contributed by atoms with Crippen LogP contribution in [0.3, 0.4) is 0 Å². The number of anilines is 3. The maximum Gasteiger partial charge on any atom is 0.335 e. The number of nitrogens with zero attached hydrogens (tertiary/aromatic N) is 1. The van der Waals surface area contributed by atoms with Crippen molar-refractivity contribution < 1.29 is 19.4 Å². The van der Waals surface area contributed by atoms with Crippen LogP contribution in [0.15, 0.2) is 47.8 Å². The molecule has 4 rings (SSSR count). The highest BCUT2D eigenvalue weighted by atomic mass is 32.1. The molecule has 0 unspecified atom stereocenters. The molecule has 0 radical (unpaired) electrons. The summed E-state index contributed by atoms with van der Waals surface area (Å²) in [5.41, 5.74) is 3.24. The van der Waals surface area contributed by atoms with Crippen molar-refractivity contribution in [2.75, 3.05) is 17.2 Å². The molecule has 2 heterocycles. The second-order valence-corrected chi connectivity index (χ2v) is 6.45. The number of carboxylic acid groups (broad SMARTS) is 1. The third-order valence-electron chi connectivity index (χ3n) is 3.80. The normalized spacial score (nSPS) is 12.7. The first-order valence-corrected chi connectivity index (χ1v) is 8.59. The molecule has 0 bridgehead atoms. The van der Waals surface area contributed by atoms with Crippen molar-refractivity contribution >= 4 is 39.7 Å². The van der Waals surface area contributed by atoms with Gasteiger partial charge in [-0.25, -0.2) is 9.78 Å². The lowest BCUT2D eigenvalue weighted by molar-refractivity contribution is -0.118. The molecule has 26 heavy (non-hydrogen) atoms. The number of aromatic nitrogens is 1. The molecule has 1 aliphatic rings. The Morgan fingerprint density at radius 3 is 2.81 bits per heavy atom. The average molecular weight is 367 g/mol. The molecule has 0 aliphatic carbocycles. The number of ether oxygens (including phenoxy) is 1. The summed E-state index contributed by atoms with van der Waals surface area (Å²) < 4.78 is 5.35. The minimum atomic E-state index is -0.962. The number of aromatic carboxylic acids is 1.